The number of hydrogen-bond acceptors (Lipinski definition) is 4. The highest BCUT2D eigenvalue weighted by Gasteiger charge is 2.03. The van der Waals surface area contributed by atoms with Crippen LogP contribution >= 0.6 is 22.9 Å². The van der Waals surface area contributed by atoms with Gasteiger partial charge in [0.1, 0.15) is 0 Å². The molecule has 3 nitrogen and oxygen atoms in total. The standard InChI is InChI=1S/C15H18ClNO2S/c1-18-13-6-2-3-7-14(13)19-9-5-4-8-15-17-12(10-16)11-20-15/h2-3,6-7,11H,4-5,8-10H2,1H3. The summed E-state index contributed by atoms with van der Waals surface area (Å²) in [7, 11) is 1.65. The Kier molecular flexibility index (Phi) is 6.15. The monoisotopic (exact) mass is 311 g/mol. The van der Waals surface area contributed by atoms with Gasteiger partial charge in [0.25, 0.3) is 0 Å². The average molecular weight is 312 g/mol. The first-order chi connectivity index (χ1) is 9.83. The molecule has 2 rings (SSSR count). The molecule has 0 aliphatic carbocycles. The van der Waals surface area contributed by atoms with Gasteiger partial charge in [-0.1, -0.05) is 12.1 Å². The van der Waals surface area contributed by atoms with E-state index in [-0.39, 0.29) is 0 Å². The number of nitrogens with zero attached hydrogens (tertiary/aromatic N) is 1. The predicted molar refractivity (Wildman–Crippen MR) is 83.1 cm³/mol. The van der Waals surface area contributed by atoms with Gasteiger partial charge in [-0.3, -0.25) is 0 Å². The molecule has 0 atom stereocenters. The van der Waals surface area contributed by atoms with Crippen molar-refractivity contribution in [3.8, 4) is 11.5 Å². The summed E-state index contributed by atoms with van der Waals surface area (Å²) in [6.07, 6.45) is 3.04. The van der Waals surface area contributed by atoms with Crippen molar-refractivity contribution >= 4 is 22.9 Å². The normalized spacial score (nSPS) is 10.5. The smallest absolute Gasteiger partial charge is 0.161 e. The molecular formula is C15H18ClNO2S. The summed E-state index contributed by atoms with van der Waals surface area (Å²) in [5.41, 5.74) is 0.969. The van der Waals surface area contributed by atoms with Gasteiger partial charge in [-0.05, 0) is 31.4 Å². The zero-order chi connectivity index (χ0) is 14.2. The van der Waals surface area contributed by atoms with Crippen LogP contribution in [-0.2, 0) is 12.3 Å². The van der Waals surface area contributed by atoms with Gasteiger partial charge < -0.3 is 9.47 Å². The van der Waals surface area contributed by atoms with Crippen molar-refractivity contribution in [3.63, 3.8) is 0 Å². The topological polar surface area (TPSA) is 31.4 Å². The molecule has 0 N–H and O–H groups in total. The highest BCUT2D eigenvalue weighted by Crippen LogP contribution is 2.25. The predicted octanol–water partition coefficient (Wildman–Crippen LogP) is 4.29. The van der Waals surface area contributed by atoms with E-state index >= 15 is 0 Å². The molecule has 2 aromatic rings. The highest BCUT2D eigenvalue weighted by atomic mass is 35.5. The second-order valence-corrected chi connectivity index (χ2v) is 5.53. The minimum atomic E-state index is 0.493. The zero-order valence-electron chi connectivity index (χ0n) is 11.5. The highest BCUT2D eigenvalue weighted by molar-refractivity contribution is 7.09. The molecular weight excluding hydrogens is 294 g/mol. The molecule has 0 saturated carbocycles. The van der Waals surface area contributed by atoms with Crippen LogP contribution in [0.5, 0.6) is 11.5 Å². The van der Waals surface area contributed by atoms with Gasteiger partial charge in [-0.15, -0.1) is 22.9 Å². The van der Waals surface area contributed by atoms with E-state index < -0.39 is 0 Å². The first kappa shape index (κ1) is 15.1. The van der Waals surface area contributed by atoms with Crippen molar-refractivity contribution in [3.05, 3.63) is 40.3 Å². The zero-order valence-corrected chi connectivity index (χ0v) is 13.0. The Morgan fingerprint density at radius 1 is 1.20 bits per heavy atom. The minimum absolute atomic E-state index is 0.493. The lowest BCUT2D eigenvalue weighted by Crippen LogP contribution is -2.00. The molecule has 108 valence electrons. The number of benzene rings is 1. The SMILES string of the molecule is COc1ccccc1OCCCCc1nc(CCl)cs1. The van der Waals surface area contributed by atoms with E-state index in [2.05, 4.69) is 4.98 Å². The van der Waals surface area contributed by atoms with Crippen molar-refractivity contribution in [1.29, 1.82) is 0 Å². The number of thiazole rings is 1. The Labute approximate surface area is 128 Å². The molecule has 20 heavy (non-hydrogen) atoms. The van der Waals surface area contributed by atoms with E-state index in [0.717, 1.165) is 41.5 Å². The Balaban J connectivity index is 1.68. The van der Waals surface area contributed by atoms with Crippen molar-refractivity contribution in [2.75, 3.05) is 13.7 Å². The van der Waals surface area contributed by atoms with Crippen LogP contribution in [0.1, 0.15) is 23.5 Å². The summed E-state index contributed by atoms with van der Waals surface area (Å²) in [4.78, 5) is 4.44. The van der Waals surface area contributed by atoms with Crippen molar-refractivity contribution < 1.29 is 9.47 Å². The number of halogens is 1. The van der Waals surface area contributed by atoms with Gasteiger partial charge in [0.05, 0.1) is 30.3 Å². The fraction of sp³-hybridized carbons (Fsp3) is 0.400. The Morgan fingerprint density at radius 2 is 2.00 bits per heavy atom. The largest absolute Gasteiger partial charge is 0.493 e. The summed E-state index contributed by atoms with van der Waals surface area (Å²) in [6.45, 7) is 0.689. The average Bonchev–Trinajstić information content (AvgIpc) is 2.95. The molecule has 0 amide bonds. The summed E-state index contributed by atoms with van der Waals surface area (Å²) in [5.74, 6) is 2.07. The number of methoxy groups -OCH3 is 1. The van der Waals surface area contributed by atoms with Gasteiger partial charge in [0, 0.05) is 5.38 Å². The quantitative estimate of drug-likeness (QED) is 0.538. The first-order valence-electron chi connectivity index (χ1n) is 6.58. The molecule has 0 radical (unpaired) electrons. The fourth-order valence-corrected chi connectivity index (χ4v) is 2.89. The number of aryl methyl sites for hydroxylation is 1. The van der Waals surface area contributed by atoms with Gasteiger partial charge in [-0.2, -0.15) is 0 Å². The Morgan fingerprint density at radius 3 is 2.70 bits per heavy atom. The number of unbranched alkanes of at least 4 members (excludes halogenated alkanes) is 1. The number of ether oxygens (including phenoxy) is 2. The lowest BCUT2D eigenvalue weighted by atomic mass is 10.2. The van der Waals surface area contributed by atoms with Crippen LogP contribution in [0.3, 0.4) is 0 Å². The van der Waals surface area contributed by atoms with Gasteiger partial charge >= 0.3 is 0 Å². The van der Waals surface area contributed by atoms with Crippen LogP contribution < -0.4 is 9.47 Å². The second-order valence-electron chi connectivity index (χ2n) is 4.32. The molecule has 0 aliphatic heterocycles. The molecule has 5 heteroatoms. The number of aromatic nitrogens is 1. The molecule has 1 heterocycles. The van der Waals surface area contributed by atoms with E-state index in [4.69, 9.17) is 21.1 Å². The molecule has 0 fully saturated rings. The number of hydrogen-bond donors (Lipinski definition) is 0. The van der Waals surface area contributed by atoms with Crippen molar-refractivity contribution in [1.82, 2.24) is 4.98 Å². The van der Waals surface area contributed by atoms with Crippen LogP contribution in [0.15, 0.2) is 29.6 Å². The summed E-state index contributed by atoms with van der Waals surface area (Å²) in [6, 6.07) is 7.70. The van der Waals surface area contributed by atoms with E-state index in [0.29, 0.717) is 12.5 Å². The van der Waals surface area contributed by atoms with E-state index in [1.165, 1.54) is 0 Å². The third kappa shape index (κ3) is 4.39. The van der Waals surface area contributed by atoms with E-state index in [9.17, 15) is 0 Å². The molecule has 1 aromatic heterocycles. The third-order valence-electron chi connectivity index (χ3n) is 2.85. The van der Waals surface area contributed by atoms with E-state index in [1.807, 2.05) is 29.6 Å². The number of alkyl halides is 1. The summed E-state index contributed by atoms with van der Waals surface area (Å²) in [5, 5.41) is 3.17. The fourth-order valence-electron chi connectivity index (χ4n) is 1.82. The summed E-state index contributed by atoms with van der Waals surface area (Å²) < 4.78 is 11.0. The van der Waals surface area contributed by atoms with Crippen LogP contribution in [0.4, 0.5) is 0 Å². The maximum absolute atomic E-state index is 5.73. The molecule has 0 spiro atoms. The van der Waals surface area contributed by atoms with Crippen LogP contribution in [0.25, 0.3) is 0 Å². The van der Waals surface area contributed by atoms with Crippen molar-refractivity contribution in [2.45, 2.75) is 25.1 Å². The van der Waals surface area contributed by atoms with Gasteiger partial charge in [-0.25, -0.2) is 4.98 Å². The van der Waals surface area contributed by atoms with Crippen LogP contribution in [0.2, 0.25) is 0 Å². The summed E-state index contributed by atoms with van der Waals surface area (Å²) >= 11 is 7.41. The Bertz CT molecular complexity index is 530. The Hall–Kier alpha value is -1.26. The van der Waals surface area contributed by atoms with E-state index in [1.54, 1.807) is 18.4 Å². The molecule has 0 unspecified atom stereocenters. The second kappa shape index (κ2) is 8.12. The third-order valence-corrected chi connectivity index (χ3v) is 4.08. The molecule has 0 bridgehead atoms. The van der Waals surface area contributed by atoms with Crippen LogP contribution in [-0.4, -0.2) is 18.7 Å². The van der Waals surface area contributed by atoms with Gasteiger partial charge in [0.15, 0.2) is 11.5 Å². The maximum Gasteiger partial charge on any atom is 0.161 e. The first-order valence-corrected chi connectivity index (χ1v) is 8.00. The molecule has 0 saturated heterocycles. The maximum atomic E-state index is 5.73. The lowest BCUT2D eigenvalue weighted by Gasteiger charge is -2.09. The molecule has 0 aliphatic rings. The lowest BCUT2D eigenvalue weighted by molar-refractivity contribution is 0.286. The number of rotatable bonds is 8. The van der Waals surface area contributed by atoms with Crippen molar-refractivity contribution in [2.24, 2.45) is 0 Å². The molecule has 1 aromatic carbocycles. The number of para-hydroxylation sites is 2. The van der Waals surface area contributed by atoms with Crippen LogP contribution in [0, 0.1) is 0 Å². The van der Waals surface area contributed by atoms with Gasteiger partial charge in [0.2, 0.25) is 0 Å². The minimum Gasteiger partial charge on any atom is -0.493 e.